The van der Waals surface area contributed by atoms with E-state index in [1.165, 1.54) is 0 Å². The van der Waals surface area contributed by atoms with Gasteiger partial charge in [0.25, 0.3) is 0 Å². The average Bonchev–Trinajstić information content (AvgIpc) is 2.20. The summed E-state index contributed by atoms with van der Waals surface area (Å²) in [6, 6.07) is 5.12. The Morgan fingerprint density at radius 1 is 1.21 bits per heavy atom. The fourth-order valence-corrected chi connectivity index (χ4v) is 1.75. The van der Waals surface area contributed by atoms with E-state index in [2.05, 4.69) is 15.9 Å². The average molecular weight is 350 g/mol. The summed E-state index contributed by atoms with van der Waals surface area (Å²) in [6.45, 7) is 8.80. The number of carbonyl (C=O) groups is 1. The molecule has 0 aliphatic rings. The predicted molar refractivity (Wildman–Crippen MR) is 79.7 cm³/mol. The van der Waals surface area contributed by atoms with Gasteiger partial charge < -0.3 is 9.47 Å². The van der Waals surface area contributed by atoms with Crippen LogP contribution in [0.15, 0.2) is 22.7 Å². The second-order valence-corrected chi connectivity index (χ2v) is 6.95. The molecule has 0 N–H and O–H groups in total. The van der Waals surface area contributed by atoms with E-state index in [-0.39, 0.29) is 0 Å². The van der Waals surface area contributed by atoms with Crippen molar-refractivity contribution in [2.45, 2.75) is 45.8 Å². The molecule has 5 heteroatoms. The molecule has 0 spiro atoms. The summed E-state index contributed by atoms with van der Waals surface area (Å²) in [7, 11) is 0. The highest BCUT2D eigenvalue weighted by atomic mass is 79.9. The van der Waals surface area contributed by atoms with Crippen molar-refractivity contribution in [3.05, 3.63) is 27.7 Å². The van der Waals surface area contributed by atoms with E-state index in [0.717, 1.165) is 0 Å². The molecule has 106 valence electrons. The van der Waals surface area contributed by atoms with Crippen LogP contribution in [0, 0.1) is 0 Å². The Balaban J connectivity index is 2.83. The maximum absolute atomic E-state index is 12.1. The predicted octanol–water partition coefficient (Wildman–Crippen LogP) is 4.60. The van der Waals surface area contributed by atoms with E-state index in [1.807, 2.05) is 20.8 Å². The Hall–Kier alpha value is -0.740. The molecule has 0 fully saturated rings. The van der Waals surface area contributed by atoms with E-state index in [0.29, 0.717) is 15.2 Å². The van der Waals surface area contributed by atoms with Gasteiger partial charge in [0.05, 0.1) is 5.02 Å². The Bertz CT molecular complexity index is 478. The van der Waals surface area contributed by atoms with Crippen LogP contribution in [0.4, 0.5) is 0 Å². The van der Waals surface area contributed by atoms with E-state index < -0.39 is 17.2 Å². The number of esters is 1. The van der Waals surface area contributed by atoms with Crippen LogP contribution in [0.3, 0.4) is 0 Å². The van der Waals surface area contributed by atoms with Crippen LogP contribution in [0.2, 0.25) is 5.02 Å². The van der Waals surface area contributed by atoms with Crippen LogP contribution in [-0.2, 0) is 9.53 Å². The Morgan fingerprint density at radius 2 is 1.79 bits per heavy atom. The van der Waals surface area contributed by atoms with Crippen molar-refractivity contribution in [1.29, 1.82) is 0 Å². The van der Waals surface area contributed by atoms with Crippen molar-refractivity contribution in [2.75, 3.05) is 0 Å². The molecule has 0 saturated heterocycles. The Morgan fingerprint density at radius 3 is 2.26 bits per heavy atom. The van der Waals surface area contributed by atoms with Gasteiger partial charge in [-0.1, -0.05) is 11.6 Å². The Kier molecular flexibility index (Phi) is 4.91. The lowest BCUT2D eigenvalue weighted by Crippen LogP contribution is -2.43. The minimum atomic E-state index is -1.07. The molecule has 0 aliphatic heterocycles. The zero-order valence-corrected chi connectivity index (χ0v) is 14.1. The van der Waals surface area contributed by atoms with Gasteiger partial charge in [0.2, 0.25) is 0 Å². The van der Waals surface area contributed by atoms with E-state index >= 15 is 0 Å². The molecule has 1 rings (SSSR count). The normalized spacial score (nSPS) is 12.2. The molecule has 0 aliphatic carbocycles. The van der Waals surface area contributed by atoms with Crippen LogP contribution < -0.4 is 4.74 Å². The van der Waals surface area contributed by atoms with Gasteiger partial charge in [0.15, 0.2) is 5.60 Å². The zero-order chi connectivity index (χ0) is 14.8. The summed E-state index contributed by atoms with van der Waals surface area (Å²) in [4.78, 5) is 12.1. The molecular weight excluding hydrogens is 332 g/mol. The summed E-state index contributed by atoms with van der Waals surface area (Å²) >= 11 is 9.22. The zero-order valence-electron chi connectivity index (χ0n) is 11.7. The third-order valence-electron chi connectivity index (χ3n) is 2.15. The molecule has 0 bridgehead atoms. The first kappa shape index (κ1) is 16.3. The minimum Gasteiger partial charge on any atom is -0.476 e. The van der Waals surface area contributed by atoms with Crippen molar-refractivity contribution in [2.24, 2.45) is 0 Å². The molecule has 1 aromatic carbocycles. The highest BCUT2D eigenvalue weighted by Gasteiger charge is 2.34. The lowest BCUT2D eigenvalue weighted by Gasteiger charge is -2.29. The molecule has 0 atom stereocenters. The molecule has 0 amide bonds. The van der Waals surface area contributed by atoms with Gasteiger partial charge in [0, 0.05) is 4.47 Å². The van der Waals surface area contributed by atoms with Crippen LogP contribution >= 0.6 is 27.5 Å². The van der Waals surface area contributed by atoms with E-state index in [1.54, 1.807) is 32.0 Å². The van der Waals surface area contributed by atoms with Crippen LogP contribution in [0.1, 0.15) is 34.6 Å². The number of rotatable bonds is 3. The number of benzene rings is 1. The third-order valence-corrected chi connectivity index (χ3v) is 3.37. The van der Waals surface area contributed by atoms with Crippen molar-refractivity contribution in [3.63, 3.8) is 0 Å². The van der Waals surface area contributed by atoms with Crippen LogP contribution in [0.25, 0.3) is 0 Å². The monoisotopic (exact) mass is 348 g/mol. The standard InChI is InChI=1S/C14H18BrClO3/c1-13(2,3)19-12(17)14(4,5)18-9-6-7-11(16)10(15)8-9/h6-8H,1-5H3. The fraction of sp³-hybridized carbons (Fsp3) is 0.500. The summed E-state index contributed by atoms with van der Waals surface area (Å²) in [5, 5.41) is 0.586. The lowest BCUT2D eigenvalue weighted by molar-refractivity contribution is -0.170. The quantitative estimate of drug-likeness (QED) is 0.748. The van der Waals surface area contributed by atoms with Gasteiger partial charge in [0.1, 0.15) is 11.4 Å². The second kappa shape index (κ2) is 5.71. The van der Waals surface area contributed by atoms with Gasteiger partial charge in [-0.2, -0.15) is 0 Å². The largest absolute Gasteiger partial charge is 0.476 e. The maximum atomic E-state index is 12.1. The maximum Gasteiger partial charge on any atom is 0.350 e. The smallest absolute Gasteiger partial charge is 0.350 e. The highest BCUT2D eigenvalue weighted by molar-refractivity contribution is 9.10. The van der Waals surface area contributed by atoms with E-state index in [4.69, 9.17) is 21.1 Å². The molecule has 0 saturated carbocycles. The molecular formula is C14H18BrClO3. The SMILES string of the molecule is CC(C)(C)OC(=O)C(C)(C)Oc1ccc(Cl)c(Br)c1. The summed E-state index contributed by atoms with van der Waals surface area (Å²) in [5.74, 6) is 0.137. The van der Waals surface area contributed by atoms with E-state index in [9.17, 15) is 4.79 Å². The minimum absolute atomic E-state index is 0.411. The third kappa shape index (κ3) is 5.03. The molecule has 0 aromatic heterocycles. The molecule has 0 heterocycles. The first-order valence-electron chi connectivity index (χ1n) is 5.89. The first-order valence-corrected chi connectivity index (χ1v) is 7.06. The topological polar surface area (TPSA) is 35.5 Å². The van der Waals surface area contributed by atoms with Crippen LogP contribution in [-0.4, -0.2) is 17.2 Å². The lowest BCUT2D eigenvalue weighted by atomic mass is 10.1. The Labute approximate surface area is 127 Å². The first-order chi connectivity index (χ1) is 8.51. The van der Waals surface area contributed by atoms with Gasteiger partial charge in [-0.3, -0.25) is 0 Å². The number of carbonyl (C=O) groups excluding carboxylic acids is 1. The summed E-state index contributed by atoms with van der Waals surface area (Å²) < 4.78 is 11.7. The summed E-state index contributed by atoms with van der Waals surface area (Å²) in [6.07, 6.45) is 0. The van der Waals surface area contributed by atoms with Gasteiger partial charge in [-0.25, -0.2) is 4.79 Å². The van der Waals surface area contributed by atoms with Crippen molar-refractivity contribution in [3.8, 4) is 5.75 Å². The second-order valence-electron chi connectivity index (χ2n) is 5.69. The number of hydrogen-bond donors (Lipinski definition) is 0. The van der Waals surface area contributed by atoms with Crippen molar-refractivity contribution in [1.82, 2.24) is 0 Å². The van der Waals surface area contributed by atoms with Gasteiger partial charge >= 0.3 is 5.97 Å². The van der Waals surface area contributed by atoms with Crippen molar-refractivity contribution < 1.29 is 14.3 Å². The van der Waals surface area contributed by atoms with Crippen molar-refractivity contribution >= 4 is 33.5 Å². The molecule has 3 nitrogen and oxygen atoms in total. The molecule has 0 unspecified atom stereocenters. The molecule has 0 radical (unpaired) electrons. The van der Waals surface area contributed by atoms with Gasteiger partial charge in [-0.05, 0) is 68.7 Å². The highest BCUT2D eigenvalue weighted by Crippen LogP contribution is 2.29. The van der Waals surface area contributed by atoms with Crippen LogP contribution in [0.5, 0.6) is 5.75 Å². The van der Waals surface area contributed by atoms with Gasteiger partial charge in [-0.15, -0.1) is 0 Å². The number of ether oxygens (including phenoxy) is 2. The fourth-order valence-electron chi connectivity index (χ4n) is 1.28. The molecule has 1 aromatic rings. The number of hydrogen-bond acceptors (Lipinski definition) is 3. The molecule has 19 heavy (non-hydrogen) atoms. The number of halogens is 2. The summed E-state index contributed by atoms with van der Waals surface area (Å²) in [5.41, 5.74) is -1.61.